The Balaban J connectivity index is 1.68. The largest absolute Gasteiger partial charge is 0.481 e. The maximum Gasteiger partial charge on any atom is 0.314 e. The van der Waals surface area contributed by atoms with Crippen molar-refractivity contribution in [3.05, 3.63) is 35.9 Å². The normalized spacial score (nSPS) is 25.6. The van der Waals surface area contributed by atoms with Gasteiger partial charge in [0.05, 0.1) is 6.10 Å². The highest BCUT2D eigenvalue weighted by molar-refractivity contribution is 5.81. The standard InChI is InChI=1S/C21H28N2O5/c24-17-9-12-23(19(26)10-13-22-11-5-4-8-18(22)25)15-21(17,20(27)28)14-16-6-2-1-3-7-16/h1-3,6-7,17,24H,4-5,8-15H2,(H,27,28)/t17-,21-/m1/s1. The second-order valence-corrected chi connectivity index (χ2v) is 7.83. The molecule has 7 nitrogen and oxygen atoms in total. The van der Waals surface area contributed by atoms with Gasteiger partial charge in [-0.1, -0.05) is 30.3 Å². The molecule has 7 heteroatoms. The Morgan fingerprint density at radius 3 is 2.57 bits per heavy atom. The first-order chi connectivity index (χ1) is 13.4. The first-order valence-electron chi connectivity index (χ1n) is 9.93. The molecule has 2 heterocycles. The van der Waals surface area contributed by atoms with Crippen molar-refractivity contribution in [2.45, 2.75) is 44.6 Å². The SMILES string of the molecule is O=C1CCCCN1CCC(=O)N1CC[C@@H](O)[C@](Cc2ccccc2)(C(=O)O)C1. The number of hydrogen-bond acceptors (Lipinski definition) is 4. The molecule has 2 atom stereocenters. The van der Waals surface area contributed by atoms with Crippen LogP contribution in [0.15, 0.2) is 30.3 Å². The number of carbonyl (C=O) groups excluding carboxylic acids is 2. The number of hydrogen-bond donors (Lipinski definition) is 2. The van der Waals surface area contributed by atoms with Crippen LogP contribution in [0.4, 0.5) is 0 Å². The molecule has 2 amide bonds. The molecule has 2 N–H and O–H groups in total. The highest BCUT2D eigenvalue weighted by Crippen LogP contribution is 2.35. The van der Waals surface area contributed by atoms with E-state index in [4.69, 9.17) is 0 Å². The van der Waals surface area contributed by atoms with Gasteiger partial charge in [0, 0.05) is 39.0 Å². The van der Waals surface area contributed by atoms with Crippen LogP contribution in [-0.4, -0.2) is 70.1 Å². The summed E-state index contributed by atoms with van der Waals surface area (Å²) in [6.45, 7) is 1.36. The number of rotatable bonds is 6. The van der Waals surface area contributed by atoms with Gasteiger partial charge in [-0.3, -0.25) is 14.4 Å². The van der Waals surface area contributed by atoms with Crippen molar-refractivity contribution in [2.75, 3.05) is 26.2 Å². The van der Waals surface area contributed by atoms with Crippen LogP contribution in [0.5, 0.6) is 0 Å². The van der Waals surface area contributed by atoms with Gasteiger partial charge >= 0.3 is 5.97 Å². The molecule has 0 unspecified atom stereocenters. The Bertz CT molecular complexity index is 723. The number of nitrogens with zero attached hydrogens (tertiary/aromatic N) is 2. The Hall–Kier alpha value is -2.41. The predicted octanol–water partition coefficient (Wildman–Crippen LogP) is 1.30. The smallest absolute Gasteiger partial charge is 0.314 e. The third kappa shape index (κ3) is 4.35. The maximum absolute atomic E-state index is 12.7. The van der Waals surface area contributed by atoms with Crippen molar-refractivity contribution in [3.8, 4) is 0 Å². The van der Waals surface area contributed by atoms with E-state index in [0.29, 0.717) is 26.1 Å². The predicted molar refractivity (Wildman–Crippen MR) is 102 cm³/mol. The van der Waals surface area contributed by atoms with Crippen molar-refractivity contribution in [2.24, 2.45) is 5.41 Å². The molecule has 0 aliphatic carbocycles. The van der Waals surface area contributed by atoms with Crippen molar-refractivity contribution >= 4 is 17.8 Å². The minimum absolute atomic E-state index is 0.0226. The highest BCUT2D eigenvalue weighted by Gasteiger charge is 2.50. The number of amides is 2. The number of aliphatic carboxylic acids is 1. The summed E-state index contributed by atoms with van der Waals surface area (Å²) >= 11 is 0. The van der Waals surface area contributed by atoms with E-state index < -0.39 is 17.5 Å². The summed E-state index contributed by atoms with van der Waals surface area (Å²) in [6, 6.07) is 9.18. The Labute approximate surface area is 164 Å². The molecule has 1 aromatic carbocycles. The molecular formula is C21H28N2O5. The van der Waals surface area contributed by atoms with Gasteiger partial charge in [-0.15, -0.1) is 0 Å². The lowest BCUT2D eigenvalue weighted by Crippen LogP contribution is -2.58. The monoisotopic (exact) mass is 388 g/mol. The average molecular weight is 388 g/mol. The van der Waals surface area contributed by atoms with Gasteiger partial charge in [0.25, 0.3) is 0 Å². The zero-order chi connectivity index (χ0) is 20.1. The Morgan fingerprint density at radius 2 is 1.89 bits per heavy atom. The van der Waals surface area contributed by atoms with E-state index in [1.807, 2.05) is 30.3 Å². The number of piperidine rings is 2. The molecule has 2 aliphatic rings. The quantitative estimate of drug-likeness (QED) is 0.765. The lowest BCUT2D eigenvalue weighted by Gasteiger charge is -2.43. The van der Waals surface area contributed by atoms with Crippen molar-refractivity contribution < 1.29 is 24.6 Å². The molecule has 2 saturated heterocycles. The summed E-state index contributed by atoms with van der Waals surface area (Å²) in [4.78, 5) is 40.1. The van der Waals surface area contributed by atoms with Gasteiger partial charge in [-0.05, 0) is 31.2 Å². The summed E-state index contributed by atoms with van der Waals surface area (Å²) in [7, 11) is 0. The number of aliphatic hydroxyl groups is 1. The molecule has 0 aromatic heterocycles. The summed E-state index contributed by atoms with van der Waals surface area (Å²) in [5.41, 5.74) is -0.604. The number of benzene rings is 1. The van der Waals surface area contributed by atoms with E-state index in [0.717, 1.165) is 18.4 Å². The van der Waals surface area contributed by atoms with E-state index in [-0.39, 0.29) is 37.6 Å². The first kappa shape index (κ1) is 20.3. The van der Waals surface area contributed by atoms with Gasteiger partial charge in [-0.2, -0.15) is 0 Å². The lowest BCUT2D eigenvalue weighted by molar-refractivity contribution is -0.165. The topological polar surface area (TPSA) is 98.2 Å². The minimum atomic E-state index is -1.42. The second kappa shape index (κ2) is 8.73. The number of carboxylic acid groups (broad SMARTS) is 1. The fourth-order valence-electron chi connectivity index (χ4n) is 4.20. The summed E-state index contributed by atoms with van der Waals surface area (Å²) in [5.74, 6) is -1.17. The lowest BCUT2D eigenvalue weighted by atomic mass is 9.72. The zero-order valence-corrected chi connectivity index (χ0v) is 16.0. The van der Waals surface area contributed by atoms with E-state index in [9.17, 15) is 24.6 Å². The number of likely N-dealkylation sites (tertiary alicyclic amines) is 2. The van der Waals surface area contributed by atoms with Gasteiger partial charge in [-0.25, -0.2) is 0 Å². The van der Waals surface area contributed by atoms with Crippen LogP contribution in [0, 0.1) is 5.41 Å². The maximum atomic E-state index is 12.7. The third-order valence-electron chi connectivity index (χ3n) is 5.94. The molecule has 1 aromatic rings. The van der Waals surface area contributed by atoms with Gasteiger partial charge in [0.2, 0.25) is 11.8 Å². The van der Waals surface area contributed by atoms with Crippen LogP contribution in [-0.2, 0) is 20.8 Å². The van der Waals surface area contributed by atoms with Crippen LogP contribution >= 0.6 is 0 Å². The molecule has 3 rings (SSSR count). The van der Waals surface area contributed by atoms with Crippen molar-refractivity contribution in [1.82, 2.24) is 9.80 Å². The first-order valence-corrected chi connectivity index (χ1v) is 9.93. The molecule has 28 heavy (non-hydrogen) atoms. The third-order valence-corrected chi connectivity index (χ3v) is 5.94. The van der Waals surface area contributed by atoms with Gasteiger partial charge in [0.15, 0.2) is 0 Å². The molecule has 0 spiro atoms. The summed E-state index contributed by atoms with van der Waals surface area (Å²) in [5, 5.41) is 20.5. The van der Waals surface area contributed by atoms with Crippen molar-refractivity contribution in [3.63, 3.8) is 0 Å². The second-order valence-electron chi connectivity index (χ2n) is 7.83. The molecular weight excluding hydrogens is 360 g/mol. The van der Waals surface area contributed by atoms with Crippen LogP contribution < -0.4 is 0 Å². The number of carbonyl (C=O) groups is 3. The molecule has 2 fully saturated rings. The molecule has 0 saturated carbocycles. The molecule has 0 bridgehead atoms. The van der Waals surface area contributed by atoms with Crippen LogP contribution in [0.25, 0.3) is 0 Å². The molecule has 152 valence electrons. The number of aliphatic hydroxyl groups excluding tert-OH is 1. The fourth-order valence-corrected chi connectivity index (χ4v) is 4.20. The van der Waals surface area contributed by atoms with Crippen molar-refractivity contribution in [1.29, 1.82) is 0 Å². The Morgan fingerprint density at radius 1 is 1.14 bits per heavy atom. The van der Waals surface area contributed by atoms with Crippen LogP contribution in [0.1, 0.15) is 37.7 Å². The average Bonchev–Trinajstić information content (AvgIpc) is 2.69. The summed E-state index contributed by atoms with van der Waals surface area (Å²) in [6.07, 6.45) is 1.94. The van der Waals surface area contributed by atoms with Crippen LogP contribution in [0.3, 0.4) is 0 Å². The minimum Gasteiger partial charge on any atom is -0.481 e. The van der Waals surface area contributed by atoms with E-state index in [2.05, 4.69) is 0 Å². The summed E-state index contributed by atoms with van der Waals surface area (Å²) < 4.78 is 0. The van der Waals surface area contributed by atoms with E-state index in [1.165, 1.54) is 4.90 Å². The van der Waals surface area contributed by atoms with Crippen LogP contribution in [0.2, 0.25) is 0 Å². The number of carboxylic acids is 1. The van der Waals surface area contributed by atoms with E-state index in [1.54, 1.807) is 4.90 Å². The molecule has 0 radical (unpaired) electrons. The molecule has 2 aliphatic heterocycles. The zero-order valence-electron chi connectivity index (χ0n) is 16.0. The highest BCUT2D eigenvalue weighted by atomic mass is 16.4. The fraction of sp³-hybridized carbons (Fsp3) is 0.571. The van der Waals surface area contributed by atoms with Gasteiger partial charge < -0.3 is 20.0 Å². The van der Waals surface area contributed by atoms with E-state index >= 15 is 0 Å². The Kier molecular flexibility index (Phi) is 6.34. The van der Waals surface area contributed by atoms with Gasteiger partial charge in [0.1, 0.15) is 5.41 Å².